The van der Waals surface area contributed by atoms with E-state index in [9.17, 15) is 4.79 Å². The Balaban J connectivity index is 1.46. The van der Waals surface area contributed by atoms with E-state index in [1.807, 2.05) is 42.5 Å². The molecule has 0 unspecified atom stereocenters. The van der Waals surface area contributed by atoms with E-state index < -0.39 is 0 Å². The number of anilines is 1. The van der Waals surface area contributed by atoms with Crippen molar-refractivity contribution < 1.29 is 14.3 Å². The van der Waals surface area contributed by atoms with E-state index in [2.05, 4.69) is 15.2 Å². The minimum atomic E-state index is -0.0397. The maximum absolute atomic E-state index is 12.6. The summed E-state index contributed by atoms with van der Waals surface area (Å²) in [6.45, 7) is 1.86. The smallest absolute Gasteiger partial charge is 0.238 e. The molecule has 0 saturated heterocycles. The maximum Gasteiger partial charge on any atom is 0.238 e. The molecule has 0 bridgehead atoms. The summed E-state index contributed by atoms with van der Waals surface area (Å²) in [6, 6.07) is 13.7. The Kier molecular flexibility index (Phi) is 5.12. The first kappa shape index (κ1) is 18.3. The normalized spacial score (nSPS) is 13.8. The largest absolute Gasteiger partial charge is 0.493 e. The van der Waals surface area contributed by atoms with Gasteiger partial charge < -0.3 is 14.8 Å². The monoisotopic (exact) mass is 377 g/mol. The van der Waals surface area contributed by atoms with Crippen LogP contribution in [0.2, 0.25) is 0 Å². The van der Waals surface area contributed by atoms with E-state index in [1.54, 1.807) is 20.4 Å². The molecule has 1 aliphatic rings. The molecule has 1 aliphatic heterocycles. The number of ether oxygens (including phenoxy) is 2. The Bertz CT molecular complexity index is 1010. The predicted molar refractivity (Wildman–Crippen MR) is 109 cm³/mol. The second-order valence-electron chi connectivity index (χ2n) is 6.87. The van der Waals surface area contributed by atoms with Gasteiger partial charge in [0.05, 0.1) is 32.0 Å². The van der Waals surface area contributed by atoms with Crippen LogP contribution in [-0.2, 0) is 17.8 Å². The van der Waals surface area contributed by atoms with Gasteiger partial charge in [-0.05, 0) is 41.8 Å². The van der Waals surface area contributed by atoms with Gasteiger partial charge in [0.1, 0.15) is 0 Å². The summed E-state index contributed by atoms with van der Waals surface area (Å²) in [6.07, 6.45) is 2.61. The number of nitrogens with one attached hydrogen (secondary N) is 1. The van der Waals surface area contributed by atoms with Crippen molar-refractivity contribution in [3.8, 4) is 11.5 Å². The van der Waals surface area contributed by atoms with Gasteiger partial charge in [0, 0.05) is 24.7 Å². The van der Waals surface area contributed by atoms with E-state index in [1.165, 1.54) is 11.1 Å². The fourth-order valence-corrected chi connectivity index (χ4v) is 3.67. The van der Waals surface area contributed by atoms with Gasteiger partial charge in [-0.25, -0.2) is 0 Å². The van der Waals surface area contributed by atoms with Gasteiger partial charge in [0.15, 0.2) is 11.5 Å². The lowest BCUT2D eigenvalue weighted by molar-refractivity contribution is -0.117. The van der Waals surface area contributed by atoms with Gasteiger partial charge in [0.25, 0.3) is 0 Å². The lowest BCUT2D eigenvalue weighted by Crippen LogP contribution is -2.37. The fraction of sp³-hybridized carbons (Fsp3) is 0.273. The summed E-state index contributed by atoms with van der Waals surface area (Å²) in [7, 11) is 3.28. The highest BCUT2D eigenvalue weighted by atomic mass is 16.5. The standard InChI is InChI=1S/C22H23N3O3/c1-27-19-11-16-8-10-25(13-17(16)12-20(19)28-2)14-21(26)24-18-7-3-5-15-6-4-9-23-22(15)18/h3-7,9,11-12H,8,10,13-14H2,1-2H3,(H,24,26). The SMILES string of the molecule is COc1cc2c(cc1OC)CN(CC(=O)Nc1cccc3cccnc13)CC2. The molecule has 1 aromatic heterocycles. The Morgan fingerprint density at radius 2 is 1.86 bits per heavy atom. The Hall–Kier alpha value is -3.12. The number of benzene rings is 2. The van der Waals surface area contributed by atoms with E-state index >= 15 is 0 Å². The van der Waals surface area contributed by atoms with Crippen molar-refractivity contribution in [1.82, 2.24) is 9.88 Å². The minimum Gasteiger partial charge on any atom is -0.493 e. The number of nitrogens with zero attached hydrogens (tertiary/aromatic N) is 2. The van der Waals surface area contributed by atoms with Crippen molar-refractivity contribution in [2.45, 2.75) is 13.0 Å². The minimum absolute atomic E-state index is 0.0397. The van der Waals surface area contributed by atoms with Crippen LogP contribution in [-0.4, -0.2) is 43.1 Å². The van der Waals surface area contributed by atoms with Gasteiger partial charge in [-0.2, -0.15) is 0 Å². The number of fused-ring (bicyclic) bond motifs is 2. The average Bonchev–Trinajstić information content (AvgIpc) is 2.73. The fourth-order valence-electron chi connectivity index (χ4n) is 3.67. The van der Waals surface area contributed by atoms with Gasteiger partial charge in [0.2, 0.25) is 5.91 Å². The molecule has 6 heteroatoms. The molecule has 144 valence electrons. The average molecular weight is 377 g/mol. The zero-order chi connectivity index (χ0) is 19.5. The first-order valence-corrected chi connectivity index (χ1v) is 9.27. The summed E-state index contributed by atoms with van der Waals surface area (Å²) >= 11 is 0. The molecule has 2 aromatic carbocycles. The van der Waals surface area contributed by atoms with Crippen molar-refractivity contribution in [3.05, 3.63) is 59.8 Å². The molecular formula is C22H23N3O3. The number of pyridine rings is 1. The molecule has 1 amide bonds. The summed E-state index contributed by atoms with van der Waals surface area (Å²) < 4.78 is 10.8. The summed E-state index contributed by atoms with van der Waals surface area (Å²) in [5.74, 6) is 1.42. The molecule has 0 aliphatic carbocycles. The zero-order valence-corrected chi connectivity index (χ0v) is 16.1. The third-order valence-corrected chi connectivity index (χ3v) is 5.07. The molecule has 0 spiro atoms. The number of hydrogen-bond donors (Lipinski definition) is 1. The van der Waals surface area contributed by atoms with Crippen molar-refractivity contribution in [1.29, 1.82) is 0 Å². The maximum atomic E-state index is 12.6. The van der Waals surface area contributed by atoms with E-state index in [0.717, 1.165) is 41.1 Å². The van der Waals surface area contributed by atoms with Crippen LogP contribution in [0.4, 0.5) is 5.69 Å². The second kappa shape index (κ2) is 7.86. The number of hydrogen-bond acceptors (Lipinski definition) is 5. The summed E-state index contributed by atoms with van der Waals surface area (Å²) in [4.78, 5) is 19.2. The molecule has 28 heavy (non-hydrogen) atoms. The van der Waals surface area contributed by atoms with Gasteiger partial charge in [-0.3, -0.25) is 14.7 Å². The van der Waals surface area contributed by atoms with Crippen LogP contribution in [0, 0.1) is 0 Å². The van der Waals surface area contributed by atoms with Gasteiger partial charge >= 0.3 is 0 Å². The molecule has 0 fully saturated rings. The highest BCUT2D eigenvalue weighted by molar-refractivity contribution is 6.00. The third-order valence-electron chi connectivity index (χ3n) is 5.07. The highest BCUT2D eigenvalue weighted by Gasteiger charge is 2.21. The van der Waals surface area contributed by atoms with Crippen LogP contribution in [0.3, 0.4) is 0 Å². The highest BCUT2D eigenvalue weighted by Crippen LogP contribution is 2.33. The molecule has 3 aromatic rings. The Morgan fingerprint density at radius 3 is 2.64 bits per heavy atom. The van der Waals surface area contributed by atoms with Crippen molar-refractivity contribution in [2.24, 2.45) is 0 Å². The Morgan fingerprint density at radius 1 is 1.11 bits per heavy atom. The number of amides is 1. The molecule has 1 N–H and O–H groups in total. The van der Waals surface area contributed by atoms with Crippen molar-refractivity contribution in [3.63, 3.8) is 0 Å². The number of methoxy groups -OCH3 is 2. The van der Waals surface area contributed by atoms with Crippen LogP contribution in [0.15, 0.2) is 48.7 Å². The molecule has 6 nitrogen and oxygen atoms in total. The molecule has 2 heterocycles. The number of para-hydroxylation sites is 1. The number of aromatic nitrogens is 1. The van der Waals surface area contributed by atoms with Crippen molar-refractivity contribution in [2.75, 3.05) is 32.6 Å². The molecule has 0 atom stereocenters. The predicted octanol–water partition coefficient (Wildman–Crippen LogP) is 3.25. The first-order valence-electron chi connectivity index (χ1n) is 9.27. The number of carbonyl (C=O) groups excluding carboxylic acids is 1. The Labute approximate surface area is 164 Å². The van der Waals surface area contributed by atoms with Crippen LogP contribution in [0.25, 0.3) is 10.9 Å². The van der Waals surface area contributed by atoms with Gasteiger partial charge in [-0.15, -0.1) is 0 Å². The van der Waals surface area contributed by atoms with Crippen molar-refractivity contribution >= 4 is 22.5 Å². The lowest BCUT2D eigenvalue weighted by Gasteiger charge is -2.29. The molecule has 0 saturated carbocycles. The zero-order valence-electron chi connectivity index (χ0n) is 16.1. The van der Waals surface area contributed by atoms with E-state index in [4.69, 9.17) is 9.47 Å². The van der Waals surface area contributed by atoms with Crippen LogP contribution >= 0.6 is 0 Å². The third kappa shape index (κ3) is 3.64. The quantitative estimate of drug-likeness (QED) is 0.740. The van der Waals surface area contributed by atoms with Crippen LogP contribution in [0.1, 0.15) is 11.1 Å². The summed E-state index contributed by atoms with van der Waals surface area (Å²) in [5.41, 5.74) is 3.96. The topological polar surface area (TPSA) is 63.7 Å². The van der Waals surface area contributed by atoms with E-state index in [-0.39, 0.29) is 5.91 Å². The lowest BCUT2D eigenvalue weighted by atomic mass is 9.99. The number of carbonyl (C=O) groups is 1. The second-order valence-corrected chi connectivity index (χ2v) is 6.87. The summed E-state index contributed by atoms with van der Waals surface area (Å²) in [5, 5.41) is 4.02. The molecule has 4 rings (SSSR count). The number of rotatable bonds is 5. The van der Waals surface area contributed by atoms with E-state index in [0.29, 0.717) is 13.1 Å². The van der Waals surface area contributed by atoms with Gasteiger partial charge in [-0.1, -0.05) is 18.2 Å². The van der Waals surface area contributed by atoms with Crippen LogP contribution < -0.4 is 14.8 Å². The molecular weight excluding hydrogens is 354 g/mol. The first-order chi connectivity index (χ1) is 13.7. The molecule has 0 radical (unpaired) electrons. The van der Waals surface area contributed by atoms with Crippen LogP contribution in [0.5, 0.6) is 11.5 Å².